The van der Waals surface area contributed by atoms with E-state index in [0.717, 1.165) is 84.5 Å². The Hall–Kier alpha value is -3.16. The maximum Gasteiger partial charge on any atom is 0.176 e. The number of rotatable bonds is 6. The van der Waals surface area contributed by atoms with Gasteiger partial charge in [0.25, 0.3) is 0 Å². The molecule has 0 N–H and O–H groups in total. The van der Waals surface area contributed by atoms with Gasteiger partial charge in [-0.15, -0.1) is 0 Å². The van der Waals surface area contributed by atoms with Crippen molar-refractivity contribution in [2.75, 3.05) is 45.2 Å². The van der Waals surface area contributed by atoms with Crippen molar-refractivity contribution in [1.82, 2.24) is 19.9 Å². The third-order valence-corrected chi connectivity index (χ3v) is 6.22. The molecule has 7 heteroatoms. The lowest BCUT2D eigenvalue weighted by molar-refractivity contribution is 0.249. The summed E-state index contributed by atoms with van der Waals surface area (Å²) < 4.78 is 11.8. The number of benzene rings is 1. The third kappa shape index (κ3) is 4.51. The van der Waals surface area contributed by atoms with E-state index in [-0.39, 0.29) is 0 Å². The summed E-state index contributed by atoms with van der Waals surface area (Å²) in [5, 5.41) is 5.21. The molecule has 0 atom stereocenters. The molecule has 0 amide bonds. The van der Waals surface area contributed by atoms with Crippen molar-refractivity contribution in [2.24, 2.45) is 0 Å². The molecule has 1 saturated heterocycles. The molecular formula is C26H31N5O2. The fourth-order valence-electron chi connectivity index (χ4n) is 4.62. The summed E-state index contributed by atoms with van der Waals surface area (Å²) in [5.41, 5.74) is 4.92. The SMILES string of the molecule is Cc1noc(C)c1-c1cc2cc(CN(C)C)oc2c(N2CCN(Cc3ccccc3)CC2)n1. The van der Waals surface area contributed by atoms with Crippen LogP contribution in [0.2, 0.25) is 0 Å². The van der Waals surface area contributed by atoms with E-state index in [9.17, 15) is 0 Å². The maximum atomic E-state index is 6.32. The highest BCUT2D eigenvalue weighted by molar-refractivity contribution is 5.91. The molecule has 4 aromatic rings. The van der Waals surface area contributed by atoms with E-state index in [0.29, 0.717) is 0 Å². The molecule has 3 aromatic heterocycles. The quantitative estimate of drug-likeness (QED) is 0.433. The van der Waals surface area contributed by atoms with E-state index in [1.165, 1.54) is 5.56 Å². The van der Waals surface area contributed by atoms with E-state index in [1.807, 2.05) is 27.9 Å². The Balaban J connectivity index is 1.46. The van der Waals surface area contributed by atoms with Crippen LogP contribution in [0, 0.1) is 13.8 Å². The van der Waals surface area contributed by atoms with Crippen molar-refractivity contribution in [1.29, 1.82) is 0 Å². The first kappa shape index (κ1) is 21.7. The summed E-state index contributed by atoms with van der Waals surface area (Å²) in [6.45, 7) is 9.41. The Morgan fingerprint density at radius 3 is 2.42 bits per heavy atom. The molecule has 1 fully saturated rings. The van der Waals surface area contributed by atoms with E-state index >= 15 is 0 Å². The highest BCUT2D eigenvalue weighted by Gasteiger charge is 2.24. The van der Waals surface area contributed by atoms with Crippen LogP contribution in [0.5, 0.6) is 0 Å². The molecule has 0 aliphatic carbocycles. The number of pyridine rings is 1. The first-order chi connectivity index (χ1) is 16.0. The summed E-state index contributed by atoms with van der Waals surface area (Å²) in [6.07, 6.45) is 0. The van der Waals surface area contributed by atoms with E-state index < -0.39 is 0 Å². The predicted molar refractivity (Wildman–Crippen MR) is 130 cm³/mol. The normalized spacial score (nSPS) is 15.1. The van der Waals surface area contributed by atoms with Crippen LogP contribution in [0.3, 0.4) is 0 Å². The van der Waals surface area contributed by atoms with Crippen LogP contribution >= 0.6 is 0 Å². The monoisotopic (exact) mass is 445 g/mol. The number of anilines is 1. The molecular weight excluding hydrogens is 414 g/mol. The molecule has 1 aromatic carbocycles. The van der Waals surface area contributed by atoms with Gasteiger partial charge in [-0.3, -0.25) is 4.90 Å². The number of aromatic nitrogens is 2. The van der Waals surface area contributed by atoms with Gasteiger partial charge < -0.3 is 18.7 Å². The Kier molecular flexibility index (Phi) is 5.91. The molecule has 0 radical (unpaired) electrons. The van der Waals surface area contributed by atoms with Crippen LogP contribution in [0.15, 0.2) is 51.4 Å². The van der Waals surface area contributed by atoms with Gasteiger partial charge in [0.05, 0.1) is 23.5 Å². The van der Waals surface area contributed by atoms with Crippen LogP contribution in [0.4, 0.5) is 5.82 Å². The zero-order valence-electron chi connectivity index (χ0n) is 19.8. The maximum absolute atomic E-state index is 6.32. The smallest absolute Gasteiger partial charge is 0.176 e. The largest absolute Gasteiger partial charge is 0.456 e. The van der Waals surface area contributed by atoms with Gasteiger partial charge in [0.15, 0.2) is 11.4 Å². The first-order valence-corrected chi connectivity index (χ1v) is 11.5. The number of furan rings is 1. The summed E-state index contributed by atoms with van der Waals surface area (Å²) in [4.78, 5) is 12.1. The molecule has 1 aliphatic heterocycles. The van der Waals surface area contributed by atoms with Crippen LogP contribution in [-0.2, 0) is 13.1 Å². The van der Waals surface area contributed by atoms with Crippen LogP contribution in [-0.4, -0.2) is 60.2 Å². The predicted octanol–water partition coefficient (Wildman–Crippen LogP) is 4.48. The summed E-state index contributed by atoms with van der Waals surface area (Å²) >= 11 is 0. The highest BCUT2D eigenvalue weighted by Crippen LogP contribution is 2.35. The fraction of sp³-hybridized carbons (Fsp3) is 0.385. The second-order valence-corrected chi connectivity index (χ2v) is 9.15. The number of hydrogen-bond donors (Lipinski definition) is 0. The molecule has 0 saturated carbocycles. The molecule has 0 unspecified atom stereocenters. The number of nitrogens with zero attached hydrogens (tertiary/aromatic N) is 5. The van der Waals surface area contributed by atoms with Gasteiger partial charge in [0, 0.05) is 38.1 Å². The van der Waals surface area contributed by atoms with Crippen molar-refractivity contribution < 1.29 is 8.94 Å². The average molecular weight is 446 g/mol. The zero-order chi connectivity index (χ0) is 22.9. The summed E-state index contributed by atoms with van der Waals surface area (Å²) in [7, 11) is 4.10. The van der Waals surface area contributed by atoms with Crippen molar-refractivity contribution >= 4 is 16.8 Å². The van der Waals surface area contributed by atoms with Crippen molar-refractivity contribution in [2.45, 2.75) is 26.9 Å². The molecule has 0 spiro atoms. The topological polar surface area (TPSA) is 61.8 Å². The Morgan fingerprint density at radius 2 is 1.76 bits per heavy atom. The molecule has 5 rings (SSSR count). The fourth-order valence-corrected chi connectivity index (χ4v) is 4.62. The lowest BCUT2D eigenvalue weighted by Crippen LogP contribution is -2.46. The van der Waals surface area contributed by atoms with E-state index in [1.54, 1.807) is 0 Å². The summed E-state index contributed by atoms with van der Waals surface area (Å²) in [5.74, 6) is 2.64. The van der Waals surface area contributed by atoms with Gasteiger partial charge in [-0.1, -0.05) is 35.5 Å². The Bertz CT molecular complexity index is 1220. The Morgan fingerprint density at radius 1 is 1.00 bits per heavy atom. The van der Waals surface area contributed by atoms with Gasteiger partial charge in [-0.25, -0.2) is 4.98 Å². The second kappa shape index (κ2) is 9.00. The van der Waals surface area contributed by atoms with E-state index in [4.69, 9.17) is 13.9 Å². The van der Waals surface area contributed by atoms with Crippen molar-refractivity contribution in [3.05, 3.63) is 65.2 Å². The van der Waals surface area contributed by atoms with Crippen LogP contribution in [0.25, 0.3) is 22.2 Å². The van der Waals surface area contributed by atoms with Crippen molar-refractivity contribution in [3.8, 4) is 11.3 Å². The lowest BCUT2D eigenvalue weighted by atomic mass is 10.1. The minimum absolute atomic E-state index is 0.750. The lowest BCUT2D eigenvalue weighted by Gasteiger charge is -2.35. The number of hydrogen-bond acceptors (Lipinski definition) is 7. The van der Waals surface area contributed by atoms with Gasteiger partial charge in [-0.2, -0.15) is 0 Å². The van der Waals surface area contributed by atoms with Gasteiger partial charge in [-0.05, 0) is 45.6 Å². The van der Waals surface area contributed by atoms with Crippen LogP contribution in [0.1, 0.15) is 22.8 Å². The second-order valence-electron chi connectivity index (χ2n) is 9.15. The molecule has 1 aliphatic rings. The van der Waals surface area contributed by atoms with Gasteiger partial charge >= 0.3 is 0 Å². The molecule has 7 nitrogen and oxygen atoms in total. The number of piperazine rings is 1. The third-order valence-electron chi connectivity index (χ3n) is 6.22. The molecule has 4 heterocycles. The number of fused-ring (bicyclic) bond motifs is 1. The van der Waals surface area contributed by atoms with Gasteiger partial charge in [0.1, 0.15) is 11.5 Å². The molecule has 172 valence electrons. The Labute approximate surface area is 194 Å². The summed E-state index contributed by atoms with van der Waals surface area (Å²) in [6, 6.07) is 14.9. The first-order valence-electron chi connectivity index (χ1n) is 11.5. The van der Waals surface area contributed by atoms with Crippen molar-refractivity contribution in [3.63, 3.8) is 0 Å². The number of aryl methyl sites for hydroxylation is 2. The van der Waals surface area contributed by atoms with E-state index in [2.05, 4.69) is 62.3 Å². The molecule has 33 heavy (non-hydrogen) atoms. The minimum atomic E-state index is 0.750. The zero-order valence-corrected chi connectivity index (χ0v) is 19.8. The highest BCUT2D eigenvalue weighted by atomic mass is 16.5. The minimum Gasteiger partial charge on any atom is -0.456 e. The van der Waals surface area contributed by atoms with Gasteiger partial charge in [0.2, 0.25) is 0 Å². The average Bonchev–Trinajstić information content (AvgIpc) is 3.35. The standard InChI is InChI=1S/C26H31N5O2/c1-18-24(19(2)33-28-18)23-15-21-14-22(17-29(3)4)32-25(21)26(27-23)31-12-10-30(11-13-31)16-20-8-6-5-7-9-20/h5-9,14-15H,10-13,16-17H2,1-4H3. The van der Waals surface area contributed by atoms with Crippen LogP contribution < -0.4 is 4.90 Å². The molecule has 0 bridgehead atoms.